The second-order valence-corrected chi connectivity index (χ2v) is 5.82. The minimum Gasteiger partial charge on any atom is -0.374 e. The van der Waals surface area contributed by atoms with Crippen LogP contribution in [0.5, 0.6) is 0 Å². The van der Waals surface area contributed by atoms with Crippen molar-refractivity contribution in [2.24, 2.45) is 0 Å². The van der Waals surface area contributed by atoms with Gasteiger partial charge in [0, 0.05) is 30.2 Å². The number of rotatable bonds is 4. The lowest BCUT2D eigenvalue weighted by atomic mass is 10.0. The second-order valence-electron chi connectivity index (χ2n) is 5.07. The van der Waals surface area contributed by atoms with Crippen LogP contribution in [0.1, 0.15) is 35.0 Å². The Kier molecular flexibility index (Phi) is 4.15. The molecule has 0 bridgehead atoms. The second kappa shape index (κ2) is 6.22. The minimum absolute atomic E-state index is 0.0959. The molecule has 1 aromatic carbocycles. The fraction of sp³-hybridized carbons (Fsp3) is 0.400. The van der Waals surface area contributed by atoms with Gasteiger partial charge in [-0.1, -0.05) is 22.7 Å². The van der Waals surface area contributed by atoms with E-state index >= 15 is 0 Å². The van der Waals surface area contributed by atoms with Gasteiger partial charge in [-0.2, -0.15) is 0 Å². The van der Waals surface area contributed by atoms with Gasteiger partial charge in [0.05, 0.1) is 6.54 Å². The maximum Gasteiger partial charge on any atom is 0.254 e. The number of amides is 1. The number of anilines is 1. The maximum atomic E-state index is 12.7. The molecule has 110 valence electrons. The van der Waals surface area contributed by atoms with Crippen molar-refractivity contribution in [3.8, 4) is 0 Å². The Morgan fingerprint density at radius 2 is 2.24 bits per heavy atom. The van der Waals surface area contributed by atoms with Crippen molar-refractivity contribution in [1.29, 1.82) is 0 Å². The molecule has 0 atom stereocenters. The predicted molar refractivity (Wildman–Crippen MR) is 83.6 cm³/mol. The normalized spacial score (nSPS) is 14.7. The molecule has 0 fully saturated rings. The molecule has 1 aromatic heterocycles. The molecule has 2 heterocycles. The molecular weight excluding hydrogens is 284 g/mol. The predicted octanol–water partition coefficient (Wildman–Crippen LogP) is 2.56. The van der Waals surface area contributed by atoms with Gasteiger partial charge in [0.1, 0.15) is 10.7 Å². The number of hydrogen-bond donors (Lipinski definition) is 1. The molecule has 0 saturated heterocycles. The van der Waals surface area contributed by atoms with E-state index in [-0.39, 0.29) is 5.91 Å². The number of nitrogens with zero attached hydrogens (tertiary/aromatic N) is 3. The highest BCUT2D eigenvalue weighted by Gasteiger charge is 2.23. The van der Waals surface area contributed by atoms with E-state index in [1.807, 2.05) is 36.1 Å². The van der Waals surface area contributed by atoms with Crippen molar-refractivity contribution >= 4 is 22.4 Å². The van der Waals surface area contributed by atoms with E-state index in [4.69, 9.17) is 0 Å². The van der Waals surface area contributed by atoms with Crippen molar-refractivity contribution < 1.29 is 4.79 Å². The Hall–Kier alpha value is -1.95. The zero-order chi connectivity index (χ0) is 14.7. The van der Waals surface area contributed by atoms with Crippen molar-refractivity contribution in [3.05, 3.63) is 41.1 Å². The van der Waals surface area contributed by atoms with E-state index in [0.717, 1.165) is 47.8 Å². The van der Waals surface area contributed by atoms with Gasteiger partial charge in [-0.25, -0.2) is 0 Å². The number of aryl methyl sites for hydroxylation is 1. The number of fused-ring (bicyclic) bond motifs is 1. The molecule has 1 aliphatic heterocycles. The van der Waals surface area contributed by atoms with Crippen LogP contribution in [0.15, 0.2) is 24.3 Å². The molecule has 6 heteroatoms. The first-order chi connectivity index (χ1) is 10.3. The third kappa shape index (κ3) is 2.90. The van der Waals surface area contributed by atoms with Gasteiger partial charge in [0.2, 0.25) is 0 Å². The first-order valence-electron chi connectivity index (χ1n) is 7.22. The molecule has 21 heavy (non-hydrogen) atoms. The number of benzene rings is 1. The Bertz CT molecular complexity index is 640. The zero-order valence-corrected chi connectivity index (χ0v) is 12.8. The van der Waals surface area contributed by atoms with E-state index in [1.165, 1.54) is 11.5 Å². The third-order valence-corrected chi connectivity index (χ3v) is 4.37. The first kappa shape index (κ1) is 14.0. The topological polar surface area (TPSA) is 58.1 Å². The molecule has 0 spiro atoms. The van der Waals surface area contributed by atoms with Gasteiger partial charge in [0.15, 0.2) is 0 Å². The van der Waals surface area contributed by atoms with E-state index in [9.17, 15) is 4.79 Å². The van der Waals surface area contributed by atoms with E-state index in [2.05, 4.69) is 14.9 Å². The zero-order valence-electron chi connectivity index (χ0n) is 12.0. The molecule has 2 aromatic rings. The number of carbonyl (C=O) groups is 1. The largest absolute Gasteiger partial charge is 0.374 e. The summed E-state index contributed by atoms with van der Waals surface area (Å²) in [5, 5.41) is 8.37. The van der Waals surface area contributed by atoms with Crippen LogP contribution in [0.2, 0.25) is 0 Å². The summed E-state index contributed by atoms with van der Waals surface area (Å²) in [5.74, 6) is 0.0959. The standard InChI is InChI=1S/C15H18N4OS/c1-2-16-14-13(17-18-21-14)10-19-9-5-7-11-6-3-4-8-12(11)15(19)20/h3-4,6,8,16H,2,5,7,9-10H2,1H3. The third-order valence-electron chi connectivity index (χ3n) is 3.64. The lowest BCUT2D eigenvalue weighted by Crippen LogP contribution is -2.30. The summed E-state index contributed by atoms with van der Waals surface area (Å²) >= 11 is 1.34. The Balaban J connectivity index is 1.83. The number of nitrogens with one attached hydrogen (secondary N) is 1. The van der Waals surface area contributed by atoms with Crippen LogP contribution in [-0.2, 0) is 13.0 Å². The smallest absolute Gasteiger partial charge is 0.254 e. The highest BCUT2D eigenvalue weighted by atomic mass is 32.1. The average molecular weight is 302 g/mol. The molecule has 0 saturated carbocycles. The molecule has 3 rings (SSSR count). The minimum atomic E-state index is 0.0959. The quantitative estimate of drug-likeness (QED) is 0.943. The van der Waals surface area contributed by atoms with Gasteiger partial charge >= 0.3 is 0 Å². The van der Waals surface area contributed by atoms with Crippen LogP contribution >= 0.6 is 11.5 Å². The molecule has 1 aliphatic rings. The fourth-order valence-corrected chi connectivity index (χ4v) is 3.26. The number of carbonyl (C=O) groups excluding carboxylic acids is 1. The SMILES string of the molecule is CCNc1snnc1CN1CCCc2ccccc2C1=O. The van der Waals surface area contributed by atoms with Gasteiger partial charge in [0.25, 0.3) is 5.91 Å². The van der Waals surface area contributed by atoms with Crippen LogP contribution in [0.3, 0.4) is 0 Å². The van der Waals surface area contributed by atoms with Crippen LogP contribution in [-0.4, -0.2) is 33.5 Å². The molecular formula is C15H18N4OS. The summed E-state index contributed by atoms with van der Waals surface area (Å²) in [5.41, 5.74) is 2.83. The van der Waals surface area contributed by atoms with Crippen LogP contribution in [0, 0.1) is 0 Å². The maximum absolute atomic E-state index is 12.7. The van der Waals surface area contributed by atoms with Crippen molar-refractivity contribution in [2.75, 3.05) is 18.4 Å². The summed E-state index contributed by atoms with van der Waals surface area (Å²) < 4.78 is 3.99. The first-order valence-corrected chi connectivity index (χ1v) is 7.99. The van der Waals surface area contributed by atoms with Crippen LogP contribution < -0.4 is 5.32 Å². The number of aromatic nitrogens is 2. The summed E-state index contributed by atoms with van der Waals surface area (Å²) in [6.07, 6.45) is 1.94. The Labute approximate surface area is 128 Å². The van der Waals surface area contributed by atoms with Crippen molar-refractivity contribution in [1.82, 2.24) is 14.5 Å². The van der Waals surface area contributed by atoms with E-state index in [1.54, 1.807) is 0 Å². The monoisotopic (exact) mass is 302 g/mol. The lowest BCUT2D eigenvalue weighted by Gasteiger charge is -2.20. The van der Waals surface area contributed by atoms with Crippen LogP contribution in [0.4, 0.5) is 5.00 Å². The van der Waals surface area contributed by atoms with Crippen molar-refractivity contribution in [2.45, 2.75) is 26.3 Å². The molecule has 0 aliphatic carbocycles. The molecule has 1 N–H and O–H groups in total. The summed E-state index contributed by atoms with van der Waals surface area (Å²) in [4.78, 5) is 14.6. The summed E-state index contributed by atoms with van der Waals surface area (Å²) in [6, 6.07) is 7.88. The van der Waals surface area contributed by atoms with Crippen molar-refractivity contribution in [3.63, 3.8) is 0 Å². The summed E-state index contributed by atoms with van der Waals surface area (Å²) in [6.45, 7) is 4.15. The van der Waals surface area contributed by atoms with Gasteiger partial charge in [-0.3, -0.25) is 4.79 Å². The van der Waals surface area contributed by atoms with Gasteiger partial charge in [-0.15, -0.1) is 5.10 Å². The van der Waals surface area contributed by atoms with E-state index < -0.39 is 0 Å². The van der Waals surface area contributed by atoms with Gasteiger partial charge < -0.3 is 10.2 Å². The average Bonchev–Trinajstić information content (AvgIpc) is 2.87. The summed E-state index contributed by atoms with van der Waals surface area (Å²) in [7, 11) is 0. The highest BCUT2D eigenvalue weighted by molar-refractivity contribution is 7.10. The Morgan fingerprint density at radius 3 is 3.10 bits per heavy atom. The Morgan fingerprint density at radius 1 is 1.38 bits per heavy atom. The van der Waals surface area contributed by atoms with Gasteiger partial charge in [-0.05, 0) is 31.4 Å². The van der Waals surface area contributed by atoms with Crippen LogP contribution in [0.25, 0.3) is 0 Å². The molecule has 0 radical (unpaired) electrons. The lowest BCUT2D eigenvalue weighted by molar-refractivity contribution is 0.0747. The molecule has 0 unspecified atom stereocenters. The molecule has 5 nitrogen and oxygen atoms in total. The molecule has 1 amide bonds. The number of hydrogen-bond acceptors (Lipinski definition) is 5. The fourth-order valence-electron chi connectivity index (χ4n) is 2.62. The highest BCUT2D eigenvalue weighted by Crippen LogP contribution is 2.23. The van der Waals surface area contributed by atoms with E-state index in [0.29, 0.717) is 6.54 Å².